The summed E-state index contributed by atoms with van der Waals surface area (Å²) in [6.45, 7) is 1.04. The molecule has 1 nitrogen and oxygen atoms in total. The van der Waals surface area contributed by atoms with Crippen molar-refractivity contribution in [2.75, 3.05) is 21.1 Å². The molecule has 13 heavy (non-hydrogen) atoms. The van der Waals surface area contributed by atoms with Crippen LogP contribution in [0.1, 0.15) is 5.56 Å². The first-order chi connectivity index (χ1) is 5.47. The third-order valence-electron chi connectivity index (χ3n) is 1.57. The highest BCUT2D eigenvalue weighted by molar-refractivity contribution is 6.30. The Labute approximate surface area is 91.3 Å². The predicted molar refractivity (Wildman–Crippen MR) is 53.2 cm³/mol. The van der Waals surface area contributed by atoms with Crippen LogP contribution < -0.4 is 12.4 Å². The maximum Gasteiger partial charge on any atom is 0.104 e. The fourth-order valence-corrected chi connectivity index (χ4v) is 1.26. The minimum Gasteiger partial charge on any atom is -1.00 e. The largest absolute Gasteiger partial charge is 1.00 e. The van der Waals surface area contributed by atoms with Crippen LogP contribution in [0.2, 0.25) is 5.02 Å². The number of halogens is 2. The van der Waals surface area contributed by atoms with Crippen LogP contribution in [0.4, 0.5) is 0 Å². The summed E-state index contributed by atoms with van der Waals surface area (Å²) in [7, 11) is 6.53. The van der Waals surface area contributed by atoms with Gasteiger partial charge in [-0.3, -0.25) is 0 Å². The molecule has 0 atom stereocenters. The molecule has 0 bridgehead atoms. The molecule has 74 valence electrons. The van der Waals surface area contributed by atoms with E-state index in [9.17, 15) is 0 Å². The summed E-state index contributed by atoms with van der Waals surface area (Å²) in [6.07, 6.45) is 0. The SMILES string of the molecule is C[N+](C)(C)Cc1ccc(Cl)cc1.[Cl-]. The van der Waals surface area contributed by atoms with Crippen molar-refractivity contribution in [1.82, 2.24) is 0 Å². The summed E-state index contributed by atoms with van der Waals surface area (Å²) in [5, 5.41) is 0.806. The van der Waals surface area contributed by atoms with Gasteiger partial charge in [0, 0.05) is 10.6 Å². The minimum absolute atomic E-state index is 0. The average molecular weight is 220 g/mol. The number of hydrogen-bond acceptors (Lipinski definition) is 0. The lowest BCUT2D eigenvalue weighted by Gasteiger charge is -2.23. The third-order valence-corrected chi connectivity index (χ3v) is 1.82. The van der Waals surface area contributed by atoms with Crippen LogP contribution in [0, 0.1) is 0 Å². The average Bonchev–Trinajstić information content (AvgIpc) is 1.91. The zero-order chi connectivity index (χ0) is 9.19. The van der Waals surface area contributed by atoms with E-state index in [4.69, 9.17) is 11.6 Å². The van der Waals surface area contributed by atoms with Gasteiger partial charge in [0.2, 0.25) is 0 Å². The van der Waals surface area contributed by atoms with Gasteiger partial charge in [0.05, 0.1) is 21.1 Å². The van der Waals surface area contributed by atoms with Crippen molar-refractivity contribution in [3.05, 3.63) is 34.9 Å². The highest BCUT2D eigenvalue weighted by Crippen LogP contribution is 2.12. The molecule has 0 fully saturated rings. The van der Waals surface area contributed by atoms with E-state index >= 15 is 0 Å². The molecule has 0 unspecified atom stereocenters. The van der Waals surface area contributed by atoms with Crippen LogP contribution in [0.5, 0.6) is 0 Å². The summed E-state index contributed by atoms with van der Waals surface area (Å²) in [5.74, 6) is 0. The molecule has 0 saturated heterocycles. The van der Waals surface area contributed by atoms with E-state index in [0.717, 1.165) is 16.1 Å². The Hall–Kier alpha value is -0.240. The number of quaternary nitrogens is 1. The van der Waals surface area contributed by atoms with Crippen molar-refractivity contribution in [1.29, 1.82) is 0 Å². The zero-order valence-corrected chi connectivity index (χ0v) is 9.73. The van der Waals surface area contributed by atoms with Gasteiger partial charge in [0.1, 0.15) is 6.54 Å². The van der Waals surface area contributed by atoms with Crippen molar-refractivity contribution in [3.63, 3.8) is 0 Å². The van der Waals surface area contributed by atoms with Crippen LogP contribution in [0.15, 0.2) is 24.3 Å². The lowest BCUT2D eigenvalue weighted by molar-refractivity contribution is -0.884. The molecular formula is C10H15Cl2N. The van der Waals surface area contributed by atoms with Gasteiger partial charge in [-0.15, -0.1) is 0 Å². The van der Waals surface area contributed by atoms with Crippen molar-refractivity contribution < 1.29 is 16.9 Å². The van der Waals surface area contributed by atoms with E-state index in [1.165, 1.54) is 5.56 Å². The van der Waals surface area contributed by atoms with E-state index < -0.39 is 0 Å². The van der Waals surface area contributed by atoms with E-state index in [1.54, 1.807) is 0 Å². The van der Waals surface area contributed by atoms with Gasteiger partial charge in [0.15, 0.2) is 0 Å². The van der Waals surface area contributed by atoms with E-state index in [0.29, 0.717) is 0 Å². The van der Waals surface area contributed by atoms with Crippen molar-refractivity contribution in [2.45, 2.75) is 6.54 Å². The molecular weight excluding hydrogens is 205 g/mol. The lowest BCUT2D eigenvalue weighted by atomic mass is 10.2. The lowest BCUT2D eigenvalue weighted by Crippen LogP contribution is -3.00. The van der Waals surface area contributed by atoms with Gasteiger partial charge in [0.25, 0.3) is 0 Å². The fraction of sp³-hybridized carbons (Fsp3) is 0.400. The van der Waals surface area contributed by atoms with Gasteiger partial charge in [-0.2, -0.15) is 0 Å². The summed E-state index contributed by atoms with van der Waals surface area (Å²) in [5.41, 5.74) is 1.33. The van der Waals surface area contributed by atoms with E-state index in [2.05, 4.69) is 33.3 Å². The Morgan fingerprint density at radius 3 is 1.92 bits per heavy atom. The van der Waals surface area contributed by atoms with Crippen LogP contribution in [-0.4, -0.2) is 25.6 Å². The molecule has 0 radical (unpaired) electrons. The molecule has 0 N–H and O–H groups in total. The van der Waals surface area contributed by atoms with Gasteiger partial charge in [-0.1, -0.05) is 23.7 Å². The van der Waals surface area contributed by atoms with Crippen molar-refractivity contribution in [3.8, 4) is 0 Å². The molecule has 0 saturated carbocycles. The number of rotatable bonds is 2. The number of nitrogens with zero attached hydrogens (tertiary/aromatic N) is 1. The minimum atomic E-state index is 0. The standard InChI is InChI=1S/C10H15ClN.ClH/c1-12(2,3)8-9-4-6-10(11)7-5-9;/h4-7H,8H2,1-3H3;1H/q+1;/p-1. The number of hydrogen-bond donors (Lipinski definition) is 0. The van der Waals surface area contributed by atoms with Gasteiger partial charge in [-0.05, 0) is 12.1 Å². The van der Waals surface area contributed by atoms with Crippen molar-refractivity contribution in [2.24, 2.45) is 0 Å². The second-order valence-electron chi connectivity index (χ2n) is 4.07. The summed E-state index contributed by atoms with van der Waals surface area (Å²) in [4.78, 5) is 0. The molecule has 1 rings (SSSR count). The van der Waals surface area contributed by atoms with E-state index in [-0.39, 0.29) is 12.4 Å². The quantitative estimate of drug-likeness (QED) is 0.592. The molecule has 1 aromatic rings. The molecule has 0 aromatic heterocycles. The molecule has 0 aliphatic rings. The third kappa shape index (κ3) is 5.14. The second kappa shape index (κ2) is 4.85. The van der Waals surface area contributed by atoms with Crippen molar-refractivity contribution >= 4 is 11.6 Å². The van der Waals surface area contributed by atoms with Crippen LogP contribution >= 0.6 is 11.6 Å². The first kappa shape index (κ1) is 12.8. The van der Waals surface area contributed by atoms with Crippen LogP contribution in [-0.2, 0) is 6.54 Å². The normalized spacial score (nSPS) is 10.8. The van der Waals surface area contributed by atoms with Gasteiger partial charge < -0.3 is 16.9 Å². The summed E-state index contributed by atoms with van der Waals surface area (Å²) >= 11 is 5.78. The Balaban J connectivity index is 0.00000144. The molecule has 0 aliphatic carbocycles. The Bertz CT molecular complexity index is 249. The fourth-order valence-electron chi connectivity index (χ4n) is 1.14. The zero-order valence-electron chi connectivity index (χ0n) is 8.22. The Morgan fingerprint density at radius 2 is 1.54 bits per heavy atom. The molecule has 1 aromatic carbocycles. The maximum absolute atomic E-state index is 5.78. The Morgan fingerprint density at radius 1 is 1.08 bits per heavy atom. The maximum atomic E-state index is 5.78. The number of benzene rings is 1. The van der Waals surface area contributed by atoms with E-state index in [1.807, 2.05) is 12.1 Å². The van der Waals surface area contributed by atoms with Crippen LogP contribution in [0.25, 0.3) is 0 Å². The predicted octanol–water partition coefficient (Wildman–Crippen LogP) is -0.450. The Kier molecular flexibility index (Phi) is 4.76. The molecule has 0 amide bonds. The first-order valence-electron chi connectivity index (χ1n) is 4.02. The topological polar surface area (TPSA) is 0 Å². The molecule has 3 heteroatoms. The van der Waals surface area contributed by atoms with Gasteiger partial charge >= 0.3 is 0 Å². The molecule has 0 aliphatic heterocycles. The first-order valence-corrected chi connectivity index (χ1v) is 4.40. The smallest absolute Gasteiger partial charge is 0.104 e. The molecule has 0 heterocycles. The van der Waals surface area contributed by atoms with Gasteiger partial charge in [-0.25, -0.2) is 0 Å². The summed E-state index contributed by atoms with van der Waals surface area (Å²) in [6, 6.07) is 8.02. The molecule has 0 spiro atoms. The summed E-state index contributed by atoms with van der Waals surface area (Å²) < 4.78 is 0.946. The highest BCUT2D eigenvalue weighted by Gasteiger charge is 2.07. The van der Waals surface area contributed by atoms with Crippen LogP contribution in [0.3, 0.4) is 0 Å². The highest BCUT2D eigenvalue weighted by atomic mass is 35.5. The monoisotopic (exact) mass is 219 g/mol. The second-order valence-corrected chi connectivity index (χ2v) is 4.51.